The molecule has 0 spiro atoms. The molecule has 80 valence electrons. The lowest BCUT2D eigenvalue weighted by atomic mass is 10.3. The van der Waals surface area contributed by atoms with Crippen molar-refractivity contribution in [3.8, 4) is 0 Å². The Hall–Kier alpha value is -0.160. The SMILES string of the molecule is CC(CN)OCCC(C)OCCN. The largest absolute Gasteiger partial charge is 0.377 e. The van der Waals surface area contributed by atoms with Crippen molar-refractivity contribution in [1.29, 1.82) is 0 Å². The van der Waals surface area contributed by atoms with Crippen LogP contribution >= 0.6 is 0 Å². The highest BCUT2D eigenvalue weighted by Crippen LogP contribution is 1.98. The minimum atomic E-state index is 0.140. The first-order valence-corrected chi connectivity index (χ1v) is 4.84. The molecule has 2 atom stereocenters. The molecule has 0 aliphatic rings. The predicted molar refractivity (Wildman–Crippen MR) is 53.6 cm³/mol. The van der Waals surface area contributed by atoms with Gasteiger partial charge in [0.25, 0.3) is 0 Å². The van der Waals surface area contributed by atoms with Gasteiger partial charge in [0.05, 0.1) is 18.8 Å². The minimum absolute atomic E-state index is 0.140. The summed E-state index contributed by atoms with van der Waals surface area (Å²) in [5, 5.41) is 0. The number of hydrogen-bond acceptors (Lipinski definition) is 4. The lowest BCUT2D eigenvalue weighted by Crippen LogP contribution is -2.23. The summed E-state index contributed by atoms with van der Waals surface area (Å²) < 4.78 is 10.8. The molecular weight excluding hydrogens is 168 g/mol. The third-order valence-corrected chi connectivity index (χ3v) is 1.78. The zero-order chi connectivity index (χ0) is 10.1. The molecule has 0 aliphatic carbocycles. The first-order chi connectivity index (χ1) is 6.20. The summed E-state index contributed by atoms with van der Waals surface area (Å²) in [6.07, 6.45) is 1.25. The normalized spacial score (nSPS) is 15.7. The van der Waals surface area contributed by atoms with Crippen LogP contribution in [-0.4, -0.2) is 38.5 Å². The Morgan fingerprint density at radius 1 is 1.00 bits per heavy atom. The van der Waals surface area contributed by atoms with Gasteiger partial charge in [-0.1, -0.05) is 0 Å². The van der Waals surface area contributed by atoms with Crippen LogP contribution in [0.25, 0.3) is 0 Å². The van der Waals surface area contributed by atoms with Crippen LogP contribution in [0.3, 0.4) is 0 Å². The van der Waals surface area contributed by atoms with Crippen molar-refractivity contribution in [2.24, 2.45) is 11.5 Å². The molecule has 13 heavy (non-hydrogen) atoms. The van der Waals surface area contributed by atoms with Crippen LogP contribution in [-0.2, 0) is 9.47 Å². The molecule has 0 bridgehead atoms. The molecule has 2 unspecified atom stereocenters. The van der Waals surface area contributed by atoms with Gasteiger partial charge in [-0.2, -0.15) is 0 Å². The zero-order valence-corrected chi connectivity index (χ0v) is 8.66. The second-order valence-electron chi connectivity index (χ2n) is 3.18. The number of hydrogen-bond donors (Lipinski definition) is 2. The van der Waals surface area contributed by atoms with Crippen LogP contribution in [0.4, 0.5) is 0 Å². The second kappa shape index (κ2) is 8.44. The van der Waals surface area contributed by atoms with Crippen molar-refractivity contribution < 1.29 is 9.47 Å². The molecule has 0 radical (unpaired) electrons. The average Bonchev–Trinajstić information content (AvgIpc) is 2.14. The van der Waals surface area contributed by atoms with E-state index in [1.54, 1.807) is 0 Å². The van der Waals surface area contributed by atoms with Crippen molar-refractivity contribution in [1.82, 2.24) is 0 Å². The maximum atomic E-state index is 5.41. The maximum Gasteiger partial charge on any atom is 0.0669 e. The standard InChI is InChI=1S/C9H22N2O2/c1-8(13-6-4-10)3-5-12-9(2)7-11/h8-9H,3-7,10-11H2,1-2H3. The molecule has 0 heterocycles. The smallest absolute Gasteiger partial charge is 0.0669 e. The predicted octanol–water partition coefficient (Wildman–Crippen LogP) is 0.104. The van der Waals surface area contributed by atoms with Gasteiger partial charge in [-0.3, -0.25) is 0 Å². The fourth-order valence-corrected chi connectivity index (χ4v) is 0.856. The number of rotatable bonds is 8. The van der Waals surface area contributed by atoms with E-state index in [2.05, 4.69) is 0 Å². The fourth-order valence-electron chi connectivity index (χ4n) is 0.856. The van der Waals surface area contributed by atoms with Crippen molar-refractivity contribution in [2.45, 2.75) is 32.5 Å². The van der Waals surface area contributed by atoms with E-state index in [9.17, 15) is 0 Å². The lowest BCUT2D eigenvalue weighted by Gasteiger charge is -2.14. The molecule has 0 aromatic carbocycles. The molecular formula is C9H22N2O2. The highest BCUT2D eigenvalue weighted by atomic mass is 16.5. The Balaban J connectivity index is 3.21. The van der Waals surface area contributed by atoms with Crippen molar-refractivity contribution in [3.63, 3.8) is 0 Å². The Morgan fingerprint density at radius 3 is 2.15 bits per heavy atom. The monoisotopic (exact) mass is 190 g/mol. The Kier molecular flexibility index (Phi) is 8.33. The molecule has 0 saturated carbocycles. The van der Waals surface area contributed by atoms with Crippen LogP contribution < -0.4 is 11.5 Å². The van der Waals surface area contributed by atoms with E-state index in [-0.39, 0.29) is 12.2 Å². The first-order valence-electron chi connectivity index (χ1n) is 4.84. The van der Waals surface area contributed by atoms with Crippen LogP contribution in [0.2, 0.25) is 0 Å². The third-order valence-electron chi connectivity index (χ3n) is 1.78. The van der Waals surface area contributed by atoms with E-state index in [1.807, 2.05) is 13.8 Å². The lowest BCUT2D eigenvalue weighted by molar-refractivity contribution is 0.0160. The van der Waals surface area contributed by atoms with Crippen molar-refractivity contribution >= 4 is 0 Å². The van der Waals surface area contributed by atoms with Gasteiger partial charge in [-0.15, -0.1) is 0 Å². The van der Waals surface area contributed by atoms with Crippen LogP contribution in [0.1, 0.15) is 20.3 Å². The molecule has 0 aromatic rings. The molecule has 4 heteroatoms. The highest BCUT2D eigenvalue weighted by Gasteiger charge is 2.03. The third kappa shape index (κ3) is 8.18. The van der Waals surface area contributed by atoms with E-state index in [0.717, 1.165) is 6.42 Å². The molecule has 4 nitrogen and oxygen atoms in total. The Bertz CT molecular complexity index is 112. The summed E-state index contributed by atoms with van der Waals surface area (Å²) in [5.74, 6) is 0. The molecule has 0 aliphatic heterocycles. The van der Waals surface area contributed by atoms with Gasteiger partial charge in [0.15, 0.2) is 0 Å². The highest BCUT2D eigenvalue weighted by molar-refractivity contribution is 4.53. The van der Waals surface area contributed by atoms with Gasteiger partial charge in [0.2, 0.25) is 0 Å². The van der Waals surface area contributed by atoms with Crippen LogP contribution in [0.5, 0.6) is 0 Å². The van der Waals surface area contributed by atoms with Crippen molar-refractivity contribution in [2.75, 3.05) is 26.3 Å². The average molecular weight is 190 g/mol. The summed E-state index contributed by atoms with van der Waals surface area (Å²) in [4.78, 5) is 0. The first kappa shape index (κ1) is 12.8. The van der Waals surface area contributed by atoms with E-state index >= 15 is 0 Å². The van der Waals surface area contributed by atoms with E-state index in [4.69, 9.17) is 20.9 Å². The van der Waals surface area contributed by atoms with E-state index in [0.29, 0.717) is 26.3 Å². The summed E-state index contributed by atoms with van der Waals surface area (Å²) in [6, 6.07) is 0. The molecule has 0 rings (SSSR count). The van der Waals surface area contributed by atoms with Gasteiger partial charge >= 0.3 is 0 Å². The van der Waals surface area contributed by atoms with Crippen molar-refractivity contribution in [3.05, 3.63) is 0 Å². The fraction of sp³-hybridized carbons (Fsp3) is 1.00. The minimum Gasteiger partial charge on any atom is -0.377 e. The van der Waals surface area contributed by atoms with Gasteiger partial charge in [0.1, 0.15) is 0 Å². The molecule has 0 aromatic heterocycles. The Labute approximate surface area is 80.6 Å². The number of nitrogens with two attached hydrogens (primary N) is 2. The quantitative estimate of drug-likeness (QED) is 0.569. The van der Waals surface area contributed by atoms with E-state index in [1.165, 1.54) is 0 Å². The molecule has 0 amide bonds. The van der Waals surface area contributed by atoms with E-state index < -0.39 is 0 Å². The van der Waals surface area contributed by atoms with Gasteiger partial charge in [-0.05, 0) is 20.3 Å². The topological polar surface area (TPSA) is 70.5 Å². The van der Waals surface area contributed by atoms with Crippen LogP contribution in [0, 0.1) is 0 Å². The maximum absolute atomic E-state index is 5.41. The van der Waals surface area contributed by atoms with Gasteiger partial charge in [0, 0.05) is 19.7 Å². The molecule has 0 saturated heterocycles. The molecule has 4 N–H and O–H groups in total. The zero-order valence-electron chi connectivity index (χ0n) is 8.66. The summed E-state index contributed by atoms with van der Waals surface area (Å²) in [7, 11) is 0. The Morgan fingerprint density at radius 2 is 1.62 bits per heavy atom. The summed E-state index contributed by atoms with van der Waals surface area (Å²) in [6.45, 7) is 6.44. The molecule has 0 fully saturated rings. The van der Waals surface area contributed by atoms with Crippen LogP contribution in [0.15, 0.2) is 0 Å². The number of ether oxygens (including phenoxy) is 2. The summed E-state index contributed by atoms with van der Waals surface area (Å²) >= 11 is 0. The second-order valence-corrected chi connectivity index (χ2v) is 3.18. The summed E-state index contributed by atoms with van der Waals surface area (Å²) in [5.41, 5.74) is 10.7. The van der Waals surface area contributed by atoms with Gasteiger partial charge < -0.3 is 20.9 Å². The van der Waals surface area contributed by atoms with Gasteiger partial charge in [-0.25, -0.2) is 0 Å².